The highest BCUT2D eigenvalue weighted by Crippen LogP contribution is 2.20. The van der Waals surface area contributed by atoms with Crippen LogP contribution in [0.2, 0.25) is 0 Å². The lowest BCUT2D eigenvalue weighted by Crippen LogP contribution is -2.40. The van der Waals surface area contributed by atoms with Crippen LogP contribution in [0.15, 0.2) is 48.5 Å². The van der Waals surface area contributed by atoms with Crippen molar-refractivity contribution in [1.29, 1.82) is 0 Å². The Bertz CT molecular complexity index is 803. The van der Waals surface area contributed by atoms with Crippen molar-refractivity contribution in [3.63, 3.8) is 0 Å². The van der Waals surface area contributed by atoms with E-state index >= 15 is 0 Å². The van der Waals surface area contributed by atoms with Gasteiger partial charge in [-0.25, -0.2) is 0 Å². The minimum Gasteiger partial charge on any atom is -0.497 e. The molecule has 0 aliphatic heterocycles. The Morgan fingerprint density at radius 3 is 2.25 bits per heavy atom. The number of carbonyl (C=O) groups excluding carboxylic acids is 2. The van der Waals surface area contributed by atoms with Crippen LogP contribution < -0.4 is 21.1 Å². The molecule has 0 radical (unpaired) electrons. The van der Waals surface area contributed by atoms with Crippen molar-refractivity contribution in [2.45, 2.75) is 37.8 Å². The standard InChI is InChI=1S/C21H25N3O3.ClH/c1-27-17-12-6-14(7-13-17)20(25)24-19-5-3-2-4-18(19)21(26)23-16-10-8-15(22)9-11-16;/h2-7,12-13,15-16H,8-11,22H2,1H3,(H,23,26)(H,24,25);1H. The highest BCUT2D eigenvalue weighted by atomic mass is 35.5. The first-order chi connectivity index (χ1) is 13.1. The van der Waals surface area contributed by atoms with E-state index in [1.807, 2.05) is 0 Å². The van der Waals surface area contributed by atoms with Gasteiger partial charge in [0.05, 0.1) is 18.4 Å². The van der Waals surface area contributed by atoms with Crippen molar-refractivity contribution >= 4 is 29.9 Å². The van der Waals surface area contributed by atoms with Crippen molar-refractivity contribution in [3.05, 3.63) is 59.7 Å². The maximum atomic E-state index is 12.7. The largest absolute Gasteiger partial charge is 0.497 e. The summed E-state index contributed by atoms with van der Waals surface area (Å²) in [7, 11) is 1.57. The van der Waals surface area contributed by atoms with Gasteiger partial charge in [-0.2, -0.15) is 0 Å². The number of methoxy groups -OCH3 is 1. The number of nitrogens with one attached hydrogen (secondary N) is 2. The first-order valence-corrected chi connectivity index (χ1v) is 9.17. The van der Waals surface area contributed by atoms with Crippen molar-refractivity contribution in [2.75, 3.05) is 12.4 Å². The molecule has 1 aliphatic rings. The van der Waals surface area contributed by atoms with E-state index in [2.05, 4.69) is 10.6 Å². The molecule has 0 spiro atoms. The van der Waals surface area contributed by atoms with E-state index in [-0.39, 0.29) is 36.3 Å². The van der Waals surface area contributed by atoms with E-state index in [9.17, 15) is 9.59 Å². The molecule has 0 bridgehead atoms. The van der Waals surface area contributed by atoms with Gasteiger partial charge in [-0.05, 0) is 62.1 Å². The lowest BCUT2D eigenvalue weighted by Gasteiger charge is -2.27. The number of benzene rings is 2. The van der Waals surface area contributed by atoms with E-state index in [0.717, 1.165) is 25.7 Å². The van der Waals surface area contributed by atoms with Crippen LogP contribution in [0.3, 0.4) is 0 Å². The number of para-hydroxylation sites is 1. The van der Waals surface area contributed by atoms with Gasteiger partial charge in [0.25, 0.3) is 11.8 Å². The summed E-state index contributed by atoms with van der Waals surface area (Å²) in [6.45, 7) is 0. The molecule has 0 atom stereocenters. The van der Waals surface area contributed by atoms with E-state index in [1.165, 1.54) is 0 Å². The summed E-state index contributed by atoms with van der Waals surface area (Å²) in [5.41, 5.74) is 7.36. The summed E-state index contributed by atoms with van der Waals surface area (Å²) < 4.78 is 5.10. The van der Waals surface area contributed by atoms with Gasteiger partial charge in [0.15, 0.2) is 0 Å². The summed E-state index contributed by atoms with van der Waals surface area (Å²) in [4.78, 5) is 25.2. The van der Waals surface area contributed by atoms with Gasteiger partial charge >= 0.3 is 0 Å². The fourth-order valence-electron chi connectivity index (χ4n) is 3.25. The molecule has 2 aromatic carbocycles. The highest BCUT2D eigenvalue weighted by molar-refractivity contribution is 6.09. The number of anilines is 1. The van der Waals surface area contributed by atoms with Crippen LogP contribution in [0.25, 0.3) is 0 Å². The molecule has 7 heteroatoms. The van der Waals surface area contributed by atoms with Crippen LogP contribution >= 0.6 is 12.4 Å². The molecular formula is C21H26ClN3O3. The predicted molar refractivity (Wildman–Crippen MR) is 112 cm³/mol. The number of hydrogen-bond acceptors (Lipinski definition) is 4. The minimum absolute atomic E-state index is 0. The average Bonchev–Trinajstić information content (AvgIpc) is 2.70. The molecule has 0 heterocycles. The molecule has 150 valence electrons. The molecule has 6 nitrogen and oxygen atoms in total. The van der Waals surface area contributed by atoms with Gasteiger partial charge in [0, 0.05) is 17.6 Å². The second-order valence-corrected chi connectivity index (χ2v) is 6.81. The molecule has 1 fully saturated rings. The molecule has 1 saturated carbocycles. The lowest BCUT2D eigenvalue weighted by atomic mass is 9.91. The Balaban J connectivity index is 0.00000280. The second-order valence-electron chi connectivity index (χ2n) is 6.81. The van der Waals surface area contributed by atoms with Gasteiger partial charge in [0.2, 0.25) is 0 Å². The van der Waals surface area contributed by atoms with E-state index in [0.29, 0.717) is 22.6 Å². The van der Waals surface area contributed by atoms with Crippen molar-refractivity contribution in [2.24, 2.45) is 5.73 Å². The van der Waals surface area contributed by atoms with E-state index < -0.39 is 0 Å². The van der Waals surface area contributed by atoms with Crippen LogP contribution in [0.5, 0.6) is 5.75 Å². The molecule has 0 unspecified atom stereocenters. The molecule has 2 amide bonds. The Labute approximate surface area is 171 Å². The third kappa shape index (κ3) is 5.47. The van der Waals surface area contributed by atoms with Crippen LogP contribution in [0, 0.1) is 0 Å². The van der Waals surface area contributed by atoms with E-state index in [4.69, 9.17) is 10.5 Å². The Morgan fingerprint density at radius 2 is 1.61 bits per heavy atom. The fraction of sp³-hybridized carbons (Fsp3) is 0.333. The molecule has 1 aliphatic carbocycles. The molecule has 2 aromatic rings. The minimum atomic E-state index is -0.276. The third-order valence-corrected chi connectivity index (χ3v) is 4.88. The number of halogens is 1. The maximum Gasteiger partial charge on any atom is 0.255 e. The Hall–Kier alpha value is -2.57. The Morgan fingerprint density at radius 1 is 0.964 bits per heavy atom. The summed E-state index contributed by atoms with van der Waals surface area (Å²) in [6, 6.07) is 14.2. The highest BCUT2D eigenvalue weighted by Gasteiger charge is 2.22. The molecule has 0 aromatic heterocycles. The zero-order chi connectivity index (χ0) is 19.2. The zero-order valence-electron chi connectivity index (χ0n) is 15.8. The number of ether oxygens (including phenoxy) is 1. The fourth-order valence-corrected chi connectivity index (χ4v) is 3.25. The third-order valence-electron chi connectivity index (χ3n) is 4.88. The quantitative estimate of drug-likeness (QED) is 0.713. The van der Waals surface area contributed by atoms with E-state index in [1.54, 1.807) is 55.6 Å². The first kappa shape index (κ1) is 21.7. The normalized spacial score (nSPS) is 18.5. The van der Waals surface area contributed by atoms with Crippen LogP contribution in [-0.2, 0) is 0 Å². The summed E-state index contributed by atoms with van der Waals surface area (Å²) in [6.07, 6.45) is 3.60. The van der Waals surface area contributed by atoms with Crippen molar-refractivity contribution < 1.29 is 14.3 Å². The van der Waals surface area contributed by atoms with Crippen molar-refractivity contribution in [1.82, 2.24) is 5.32 Å². The SMILES string of the molecule is COc1ccc(C(=O)Nc2ccccc2C(=O)NC2CCC(N)CC2)cc1.Cl. The molecule has 3 rings (SSSR count). The van der Waals surface area contributed by atoms with Gasteiger partial charge in [-0.15, -0.1) is 12.4 Å². The van der Waals surface area contributed by atoms with Crippen LogP contribution in [0.4, 0.5) is 5.69 Å². The number of nitrogens with two attached hydrogens (primary N) is 1. The van der Waals surface area contributed by atoms with Crippen molar-refractivity contribution in [3.8, 4) is 5.75 Å². The topological polar surface area (TPSA) is 93.4 Å². The second kappa shape index (κ2) is 10.1. The average molecular weight is 404 g/mol. The monoisotopic (exact) mass is 403 g/mol. The number of rotatable bonds is 5. The molecular weight excluding hydrogens is 378 g/mol. The lowest BCUT2D eigenvalue weighted by molar-refractivity contribution is 0.0926. The van der Waals surface area contributed by atoms with Crippen LogP contribution in [-0.4, -0.2) is 31.0 Å². The Kier molecular flexibility index (Phi) is 7.84. The first-order valence-electron chi connectivity index (χ1n) is 9.17. The predicted octanol–water partition coefficient (Wildman–Crippen LogP) is 3.37. The summed E-state index contributed by atoms with van der Waals surface area (Å²) in [5, 5.41) is 5.89. The molecule has 4 N–H and O–H groups in total. The smallest absolute Gasteiger partial charge is 0.255 e. The zero-order valence-corrected chi connectivity index (χ0v) is 16.6. The van der Waals surface area contributed by atoms with Gasteiger partial charge in [-0.3, -0.25) is 9.59 Å². The molecule has 28 heavy (non-hydrogen) atoms. The summed E-state index contributed by atoms with van der Waals surface area (Å²) in [5.74, 6) is 0.223. The van der Waals surface area contributed by atoms with Gasteiger partial charge < -0.3 is 21.1 Å². The van der Waals surface area contributed by atoms with Gasteiger partial charge in [-0.1, -0.05) is 12.1 Å². The number of hydrogen-bond donors (Lipinski definition) is 3. The summed E-state index contributed by atoms with van der Waals surface area (Å²) >= 11 is 0. The van der Waals surface area contributed by atoms with Crippen LogP contribution in [0.1, 0.15) is 46.4 Å². The molecule has 0 saturated heterocycles. The van der Waals surface area contributed by atoms with Gasteiger partial charge in [0.1, 0.15) is 5.75 Å². The number of amides is 2. The number of carbonyl (C=O) groups is 2. The maximum absolute atomic E-state index is 12.7.